The summed E-state index contributed by atoms with van der Waals surface area (Å²) in [5, 5.41) is 8.65. The number of halogens is 2. The van der Waals surface area contributed by atoms with Crippen molar-refractivity contribution >= 4 is 33.3 Å². The van der Waals surface area contributed by atoms with Gasteiger partial charge >= 0.3 is 0 Å². The van der Waals surface area contributed by atoms with E-state index in [0.29, 0.717) is 16.8 Å². The van der Waals surface area contributed by atoms with Crippen molar-refractivity contribution in [1.29, 1.82) is 0 Å². The Morgan fingerprint density at radius 1 is 1.41 bits per heavy atom. The molecule has 1 aromatic carbocycles. The van der Waals surface area contributed by atoms with Crippen molar-refractivity contribution in [2.75, 3.05) is 5.73 Å². The summed E-state index contributed by atoms with van der Waals surface area (Å²) >= 11 is 9.59. The van der Waals surface area contributed by atoms with Crippen LogP contribution in [0, 0.1) is 0 Å². The molecule has 0 amide bonds. The average molecular weight is 314 g/mol. The quantitative estimate of drug-likeness (QED) is 0.926. The third kappa shape index (κ3) is 1.93. The van der Waals surface area contributed by atoms with Gasteiger partial charge in [0.1, 0.15) is 0 Å². The van der Waals surface area contributed by atoms with Gasteiger partial charge in [-0.1, -0.05) is 32.7 Å². The van der Waals surface area contributed by atoms with Crippen LogP contribution in [0.25, 0.3) is 5.69 Å². The lowest BCUT2D eigenvalue weighted by Gasteiger charge is -2.07. The summed E-state index contributed by atoms with van der Waals surface area (Å²) < 4.78 is 2.69. The van der Waals surface area contributed by atoms with Gasteiger partial charge < -0.3 is 5.73 Å². The summed E-state index contributed by atoms with van der Waals surface area (Å²) in [6.45, 7) is 0. The van der Waals surface area contributed by atoms with Crippen LogP contribution in [0.15, 0.2) is 22.7 Å². The minimum Gasteiger partial charge on any atom is -0.381 e. The molecule has 2 aromatic rings. The largest absolute Gasteiger partial charge is 0.381 e. The Bertz CT molecular complexity index is 577. The number of anilines is 1. The Hall–Kier alpha value is -1.07. The smallest absolute Gasteiger partial charge is 0.169 e. The zero-order valence-electron chi connectivity index (χ0n) is 8.90. The third-order valence-corrected chi connectivity index (χ3v) is 3.63. The van der Waals surface area contributed by atoms with Crippen LogP contribution in [0.4, 0.5) is 5.82 Å². The molecule has 0 saturated heterocycles. The summed E-state index contributed by atoms with van der Waals surface area (Å²) in [6.07, 6.45) is 2.29. The molecule has 2 N–H and O–H groups in total. The Kier molecular flexibility index (Phi) is 2.60. The lowest BCUT2D eigenvalue weighted by atomic mass is 10.2. The zero-order valence-corrected chi connectivity index (χ0v) is 11.2. The highest BCUT2D eigenvalue weighted by atomic mass is 79.9. The molecular weight excluding hydrogens is 304 g/mol. The van der Waals surface area contributed by atoms with Crippen LogP contribution >= 0.6 is 27.5 Å². The lowest BCUT2D eigenvalue weighted by molar-refractivity contribution is 0.764. The molecule has 0 atom stereocenters. The molecule has 0 radical (unpaired) electrons. The van der Waals surface area contributed by atoms with Crippen LogP contribution in [0.3, 0.4) is 0 Å². The molecule has 1 aromatic heterocycles. The molecule has 17 heavy (non-hydrogen) atoms. The standard InChI is InChI=1S/C11H10BrClN4/c12-7-3-4-9(8(13)5-7)17-10(6-1-2-6)11(14)15-16-17/h3-6H,1-2,14H2. The van der Waals surface area contributed by atoms with E-state index in [2.05, 4.69) is 26.2 Å². The first-order valence-corrected chi connectivity index (χ1v) is 6.50. The minimum absolute atomic E-state index is 0.477. The van der Waals surface area contributed by atoms with E-state index in [1.165, 1.54) is 0 Å². The van der Waals surface area contributed by atoms with Crippen LogP contribution in [0.5, 0.6) is 0 Å². The van der Waals surface area contributed by atoms with E-state index in [9.17, 15) is 0 Å². The monoisotopic (exact) mass is 312 g/mol. The van der Waals surface area contributed by atoms with Crippen molar-refractivity contribution in [3.8, 4) is 5.69 Å². The molecule has 1 aliphatic carbocycles. The summed E-state index contributed by atoms with van der Waals surface area (Å²) in [6, 6.07) is 5.67. The molecule has 4 nitrogen and oxygen atoms in total. The number of nitrogens with zero attached hydrogens (tertiary/aromatic N) is 3. The van der Waals surface area contributed by atoms with Gasteiger partial charge in [0.05, 0.1) is 16.4 Å². The van der Waals surface area contributed by atoms with Gasteiger partial charge in [0.25, 0.3) is 0 Å². The van der Waals surface area contributed by atoms with Crippen LogP contribution in [-0.4, -0.2) is 15.0 Å². The van der Waals surface area contributed by atoms with E-state index in [-0.39, 0.29) is 0 Å². The van der Waals surface area contributed by atoms with Crippen LogP contribution in [0.2, 0.25) is 5.02 Å². The summed E-state index contributed by atoms with van der Waals surface area (Å²) in [5.41, 5.74) is 7.65. The highest BCUT2D eigenvalue weighted by Gasteiger charge is 2.31. The van der Waals surface area contributed by atoms with E-state index < -0.39 is 0 Å². The molecule has 88 valence electrons. The predicted molar refractivity (Wildman–Crippen MR) is 70.5 cm³/mol. The van der Waals surface area contributed by atoms with Crippen LogP contribution < -0.4 is 5.73 Å². The molecule has 0 bridgehead atoms. The molecule has 1 saturated carbocycles. The lowest BCUT2D eigenvalue weighted by Crippen LogP contribution is -2.03. The van der Waals surface area contributed by atoms with Gasteiger partial charge in [0.2, 0.25) is 0 Å². The normalized spacial score (nSPS) is 15.2. The molecule has 0 aliphatic heterocycles. The molecule has 1 aliphatic rings. The Balaban J connectivity index is 2.14. The maximum atomic E-state index is 6.21. The first kappa shape index (κ1) is 11.0. The van der Waals surface area contributed by atoms with Crippen molar-refractivity contribution in [3.05, 3.63) is 33.4 Å². The number of hydrogen-bond acceptors (Lipinski definition) is 3. The van der Waals surface area contributed by atoms with Crippen molar-refractivity contribution < 1.29 is 0 Å². The predicted octanol–water partition coefficient (Wildman–Crippen LogP) is 3.14. The Morgan fingerprint density at radius 3 is 2.82 bits per heavy atom. The number of hydrogen-bond donors (Lipinski definition) is 1. The second-order valence-corrected chi connectivity index (χ2v) is 5.46. The van der Waals surface area contributed by atoms with Crippen molar-refractivity contribution in [2.45, 2.75) is 18.8 Å². The molecule has 0 unspecified atom stereocenters. The van der Waals surface area contributed by atoms with Gasteiger partial charge in [-0.2, -0.15) is 0 Å². The first-order chi connectivity index (χ1) is 8.16. The highest BCUT2D eigenvalue weighted by Crippen LogP contribution is 2.43. The fourth-order valence-corrected chi connectivity index (χ4v) is 2.62. The summed E-state index contributed by atoms with van der Waals surface area (Å²) in [7, 11) is 0. The maximum absolute atomic E-state index is 6.21. The van der Waals surface area contributed by atoms with E-state index in [0.717, 1.165) is 28.7 Å². The van der Waals surface area contributed by atoms with Crippen molar-refractivity contribution in [3.63, 3.8) is 0 Å². The van der Waals surface area contributed by atoms with Gasteiger partial charge in [-0.05, 0) is 31.0 Å². The second kappa shape index (κ2) is 3.99. The molecule has 3 rings (SSSR count). The summed E-state index contributed by atoms with van der Waals surface area (Å²) in [5.74, 6) is 0.983. The van der Waals surface area contributed by atoms with Crippen LogP contribution in [0.1, 0.15) is 24.5 Å². The van der Waals surface area contributed by atoms with Crippen molar-refractivity contribution in [1.82, 2.24) is 15.0 Å². The van der Waals surface area contributed by atoms with E-state index in [4.69, 9.17) is 17.3 Å². The van der Waals surface area contributed by atoms with Crippen molar-refractivity contribution in [2.24, 2.45) is 0 Å². The fraction of sp³-hybridized carbons (Fsp3) is 0.273. The SMILES string of the molecule is Nc1nnn(-c2ccc(Br)cc2Cl)c1C1CC1. The Labute approximate surface area is 112 Å². The van der Waals surface area contributed by atoms with E-state index in [1.807, 2.05) is 18.2 Å². The average Bonchev–Trinajstić information content (AvgIpc) is 3.03. The highest BCUT2D eigenvalue weighted by molar-refractivity contribution is 9.10. The fourth-order valence-electron chi connectivity index (χ4n) is 1.87. The zero-order chi connectivity index (χ0) is 12.0. The van der Waals surface area contributed by atoms with Crippen LogP contribution in [-0.2, 0) is 0 Å². The third-order valence-electron chi connectivity index (χ3n) is 2.83. The number of nitrogens with two attached hydrogens (primary N) is 1. The summed E-state index contributed by atoms with van der Waals surface area (Å²) in [4.78, 5) is 0. The van der Waals surface area contributed by atoms with E-state index in [1.54, 1.807) is 4.68 Å². The first-order valence-electron chi connectivity index (χ1n) is 5.33. The van der Waals surface area contributed by atoms with Gasteiger partial charge in [-0.25, -0.2) is 4.68 Å². The number of rotatable bonds is 2. The minimum atomic E-state index is 0.477. The van der Waals surface area contributed by atoms with E-state index >= 15 is 0 Å². The number of nitrogen functional groups attached to an aromatic ring is 1. The molecule has 1 fully saturated rings. The molecule has 1 heterocycles. The van der Waals surface area contributed by atoms with Gasteiger partial charge in [0, 0.05) is 10.4 Å². The second-order valence-electron chi connectivity index (χ2n) is 4.14. The topological polar surface area (TPSA) is 56.7 Å². The van der Waals surface area contributed by atoms with Gasteiger partial charge in [0.15, 0.2) is 5.82 Å². The molecule has 6 heteroatoms. The number of aromatic nitrogens is 3. The maximum Gasteiger partial charge on any atom is 0.169 e. The number of benzene rings is 1. The van der Waals surface area contributed by atoms with Gasteiger partial charge in [-0.3, -0.25) is 0 Å². The van der Waals surface area contributed by atoms with Gasteiger partial charge in [-0.15, -0.1) is 5.10 Å². The molecular formula is C11H10BrClN4. The molecule has 0 spiro atoms. The Morgan fingerprint density at radius 2 is 2.18 bits per heavy atom.